The number of nitrogens with one attached hydrogen (secondary N) is 1. The van der Waals surface area contributed by atoms with Gasteiger partial charge in [0, 0.05) is 23.2 Å². The highest BCUT2D eigenvalue weighted by molar-refractivity contribution is 5.85. The van der Waals surface area contributed by atoms with Crippen molar-refractivity contribution in [2.24, 2.45) is 5.11 Å². The van der Waals surface area contributed by atoms with E-state index < -0.39 is 6.04 Å². The monoisotopic (exact) mass is 401 g/mol. The van der Waals surface area contributed by atoms with E-state index in [9.17, 15) is 4.79 Å². The Bertz CT molecular complexity index is 924. The van der Waals surface area contributed by atoms with Crippen LogP contribution in [-0.4, -0.2) is 23.4 Å². The Morgan fingerprint density at radius 1 is 1.17 bits per heavy atom. The van der Waals surface area contributed by atoms with Crippen molar-refractivity contribution in [3.63, 3.8) is 0 Å². The Balaban J connectivity index is 1.97. The summed E-state index contributed by atoms with van der Waals surface area (Å²) in [6.07, 6.45) is 11.1. The van der Waals surface area contributed by atoms with Crippen LogP contribution in [0.3, 0.4) is 0 Å². The molecule has 1 fully saturated rings. The van der Waals surface area contributed by atoms with Gasteiger partial charge in [-0.05, 0) is 29.5 Å². The minimum absolute atomic E-state index is 0.103. The van der Waals surface area contributed by atoms with E-state index in [1.807, 2.05) is 47.4 Å². The van der Waals surface area contributed by atoms with Gasteiger partial charge in [0.15, 0.2) is 0 Å². The minimum Gasteiger partial charge on any atom is -0.352 e. The third kappa shape index (κ3) is 5.64. The number of nitrogens with zero attached hydrogens (tertiary/aromatic N) is 4. The maximum Gasteiger partial charge on any atom is 0.242 e. The lowest BCUT2D eigenvalue weighted by molar-refractivity contribution is -0.127. The molecule has 2 aromatic rings. The van der Waals surface area contributed by atoms with Gasteiger partial charge in [0.05, 0.1) is 6.54 Å². The van der Waals surface area contributed by atoms with Gasteiger partial charge in [-0.2, -0.15) is 0 Å². The molecular formula is C24H27N5O. The standard InChI is InChI=1S/C24H27N5O/c1-2-17-29(18-19-11-5-3-6-12-19)23(21-15-9-10-16-22(21)27-28-25)24(30)26-20-13-7-4-8-14-20/h1,3,5-6,9-12,15-16,20,23H,4,7-8,13-14,17-18H2,(H,26,30). The third-order valence-corrected chi connectivity index (χ3v) is 5.47. The van der Waals surface area contributed by atoms with E-state index in [0.29, 0.717) is 24.3 Å². The van der Waals surface area contributed by atoms with E-state index in [2.05, 4.69) is 21.3 Å². The average molecular weight is 402 g/mol. The quantitative estimate of drug-likeness (QED) is 0.283. The molecular weight excluding hydrogens is 374 g/mol. The van der Waals surface area contributed by atoms with Gasteiger partial charge in [-0.25, -0.2) is 0 Å². The number of hydrogen-bond donors (Lipinski definition) is 1. The van der Waals surface area contributed by atoms with Crippen LogP contribution in [0.15, 0.2) is 59.7 Å². The maximum atomic E-state index is 13.5. The van der Waals surface area contributed by atoms with E-state index >= 15 is 0 Å². The molecule has 1 saturated carbocycles. The van der Waals surface area contributed by atoms with Crippen LogP contribution in [0.25, 0.3) is 10.4 Å². The van der Waals surface area contributed by atoms with Crippen molar-refractivity contribution in [2.45, 2.75) is 50.7 Å². The van der Waals surface area contributed by atoms with Crippen molar-refractivity contribution < 1.29 is 4.79 Å². The Morgan fingerprint density at radius 2 is 1.87 bits per heavy atom. The van der Waals surface area contributed by atoms with E-state index in [-0.39, 0.29) is 11.9 Å². The van der Waals surface area contributed by atoms with Crippen molar-refractivity contribution in [1.29, 1.82) is 0 Å². The largest absolute Gasteiger partial charge is 0.352 e. The predicted molar refractivity (Wildman–Crippen MR) is 119 cm³/mol. The van der Waals surface area contributed by atoms with Gasteiger partial charge in [0.1, 0.15) is 6.04 Å². The fourth-order valence-electron chi connectivity index (χ4n) is 4.06. The van der Waals surface area contributed by atoms with Crippen LogP contribution < -0.4 is 5.32 Å². The topological polar surface area (TPSA) is 81.1 Å². The Morgan fingerprint density at radius 3 is 2.57 bits per heavy atom. The van der Waals surface area contributed by atoms with Crippen molar-refractivity contribution in [2.75, 3.05) is 6.54 Å². The minimum atomic E-state index is -0.648. The first-order chi connectivity index (χ1) is 14.7. The SMILES string of the molecule is C#CCN(Cc1ccccc1)C(C(=O)NC1CCCCC1)c1ccccc1N=[N+]=[N-]. The number of carbonyl (C=O) groups excluding carboxylic acids is 1. The normalized spacial score (nSPS) is 15.1. The van der Waals surface area contributed by atoms with Gasteiger partial charge in [0.2, 0.25) is 5.91 Å². The molecule has 1 atom stereocenters. The molecule has 0 saturated heterocycles. The highest BCUT2D eigenvalue weighted by Crippen LogP contribution is 2.32. The molecule has 0 heterocycles. The predicted octanol–water partition coefficient (Wildman–Crippen LogP) is 5.25. The van der Waals surface area contributed by atoms with Crippen LogP contribution in [0.4, 0.5) is 5.69 Å². The molecule has 1 N–H and O–H groups in total. The molecule has 30 heavy (non-hydrogen) atoms. The van der Waals surface area contributed by atoms with Crippen LogP contribution >= 0.6 is 0 Å². The zero-order valence-corrected chi connectivity index (χ0v) is 17.1. The second-order valence-electron chi connectivity index (χ2n) is 7.59. The first kappa shape index (κ1) is 21.4. The number of azide groups is 1. The van der Waals surface area contributed by atoms with Gasteiger partial charge in [0.25, 0.3) is 0 Å². The molecule has 154 valence electrons. The number of amides is 1. The lowest BCUT2D eigenvalue weighted by Gasteiger charge is -2.33. The van der Waals surface area contributed by atoms with Crippen molar-refractivity contribution >= 4 is 11.6 Å². The summed E-state index contributed by atoms with van der Waals surface area (Å²) in [5.74, 6) is 2.59. The molecule has 0 aliphatic heterocycles. The lowest BCUT2D eigenvalue weighted by Crippen LogP contribution is -2.45. The van der Waals surface area contributed by atoms with Crippen LogP contribution in [0.2, 0.25) is 0 Å². The fraction of sp³-hybridized carbons (Fsp3) is 0.375. The zero-order chi connectivity index (χ0) is 21.2. The molecule has 6 heteroatoms. The molecule has 3 rings (SSSR count). The molecule has 1 aliphatic carbocycles. The molecule has 0 spiro atoms. The van der Waals surface area contributed by atoms with E-state index in [1.54, 1.807) is 12.1 Å². The molecule has 1 aliphatic rings. The highest BCUT2D eigenvalue weighted by Gasteiger charge is 2.31. The number of carbonyl (C=O) groups is 1. The second kappa shape index (κ2) is 11.1. The lowest BCUT2D eigenvalue weighted by atomic mass is 9.94. The summed E-state index contributed by atoms with van der Waals surface area (Å²) in [5.41, 5.74) is 11.2. The summed E-state index contributed by atoms with van der Waals surface area (Å²) in [4.78, 5) is 18.4. The van der Waals surface area contributed by atoms with Gasteiger partial charge >= 0.3 is 0 Å². The first-order valence-corrected chi connectivity index (χ1v) is 10.4. The van der Waals surface area contributed by atoms with Gasteiger partial charge in [-0.1, -0.05) is 84.9 Å². The third-order valence-electron chi connectivity index (χ3n) is 5.47. The number of hydrogen-bond acceptors (Lipinski definition) is 3. The summed E-state index contributed by atoms with van der Waals surface area (Å²) in [6, 6.07) is 16.7. The smallest absolute Gasteiger partial charge is 0.242 e. The Labute approximate surface area is 177 Å². The van der Waals surface area contributed by atoms with Gasteiger partial charge < -0.3 is 5.32 Å². The van der Waals surface area contributed by atoms with Crippen LogP contribution in [0, 0.1) is 12.3 Å². The van der Waals surface area contributed by atoms with Crippen LogP contribution in [0.1, 0.15) is 49.3 Å². The molecule has 1 amide bonds. The van der Waals surface area contributed by atoms with Crippen LogP contribution in [-0.2, 0) is 11.3 Å². The molecule has 0 radical (unpaired) electrons. The van der Waals surface area contributed by atoms with E-state index in [1.165, 1.54) is 6.42 Å². The Hall–Kier alpha value is -3.26. The summed E-state index contributed by atoms with van der Waals surface area (Å²) >= 11 is 0. The summed E-state index contributed by atoms with van der Waals surface area (Å²) in [7, 11) is 0. The fourth-order valence-corrected chi connectivity index (χ4v) is 4.06. The number of benzene rings is 2. The second-order valence-corrected chi connectivity index (χ2v) is 7.59. The highest BCUT2D eigenvalue weighted by atomic mass is 16.2. The first-order valence-electron chi connectivity index (χ1n) is 10.4. The van der Waals surface area contributed by atoms with Crippen molar-refractivity contribution in [3.8, 4) is 12.3 Å². The summed E-state index contributed by atoms with van der Waals surface area (Å²) in [5, 5.41) is 7.06. The molecule has 1 unspecified atom stereocenters. The average Bonchev–Trinajstić information content (AvgIpc) is 2.77. The van der Waals surface area contributed by atoms with E-state index in [0.717, 1.165) is 31.2 Å². The number of rotatable bonds is 8. The van der Waals surface area contributed by atoms with Gasteiger partial charge in [-0.3, -0.25) is 9.69 Å². The van der Waals surface area contributed by atoms with E-state index in [4.69, 9.17) is 12.0 Å². The maximum absolute atomic E-state index is 13.5. The van der Waals surface area contributed by atoms with Crippen molar-refractivity contribution in [1.82, 2.24) is 10.2 Å². The zero-order valence-electron chi connectivity index (χ0n) is 17.1. The van der Waals surface area contributed by atoms with Crippen LogP contribution in [0.5, 0.6) is 0 Å². The van der Waals surface area contributed by atoms with Gasteiger partial charge in [-0.15, -0.1) is 6.42 Å². The molecule has 0 bridgehead atoms. The molecule has 2 aromatic carbocycles. The van der Waals surface area contributed by atoms with Crippen molar-refractivity contribution in [3.05, 3.63) is 76.2 Å². The Kier molecular flexibility index (Phi) is 7.91. The summed E-state index contributed by atoms with van der Waals surface area (Å²) < 4.78 is 0. The number of terminal acetylenes is 1. The summed E-state index contributed by atoms with van der Waals surface area (Å²) in [6.45, 7) is 0.806. The molecule has 0 aromatic heterocycles. The molecule has 6 nitrogen and oxygen atoms in total.